The van der Waals surface area contributed by atoms with Gasteiger partial charge in [-0.3, -0.25) is 14.4 Å². The average Bonchev–Trinajstić information content (AvgIpc) is 3.41. The molecule has 1 heterocycles. The Morgan fingerprint density at radius 1 is 0.938 bits per heavy atom. The number of nitrogens with zero attached hydrogens (tertiary/aromatic N) is 2. The highest BCUT2D eigenvalue weighted by Gasteiger charge is 2.34. The first-order valence-corrected chi connectivity index (χ1v) is 16.3. The van der Waals surface area contributed by atoms with Crippen molar-refractivity contribution >= 4 is 29.7 Å². The van der Waals surface area contributed by atoms with Crippen molar-refractivity contribution in [2.75, 3.05) is 11.9 Å². The van der Waals surface area contributed by atoms with Gasteiger partial charge in [-0.05, 0) is 58.6 Å². The molecule has 2 atom stereocenters. The van der Waals surface area contributed by atoms with E-state index in [2.05, 4.69) is 20.9 Å². The lowest BCUT2D eigenvalue weighted by Gasteiger charge is -2.29. The molecular weight excluding hydrogens is 614 g/mol. The molecule has 0 saturated heterocycles. The van der Waals surface area contributed by atoms with Crippen LogP contribution in [0.3, 0.4) is 0 Å². The normalized spacial score (nSPS) is 12.9. The standard InChI is InChI=1S/C36H49N5O7/c1-7-30-38-29(22-41(30)21-15-14-20-27(32(43)44)26-18-12-9-13-19-26)39-31(42)28(24-47-23-25-16-10-8-11-17-25)37-33(45)36(5,6)40-34(46)48-35(2,3)4/h8-13,16-19,22,27-28H,7,14-15,20-21,23-24H2,1-6H3,(H,37,45)(H,39,42)(H,40,46)(H,43,44)/t27?,28-/m1/s1. The van der Waals surface area contributed by atoms with Gasteiger partial charge in [-0.15, -0.1) is 0 Å². The van der Waals surface area contributed by atoms with Crippen molar-refractivity contribution in [2.45, 2.75) is 103 Å². The van der Waals surface area contributed by atoms with Crippen LogP contribution in [0.5, 0.6) is 0 Å². The summed E-state index contributed by atoms with van der Waals surface area (Å²) in [4.78, 5) is 55.7. The molecule has 48 heavy (non-hydrogen) atoms. The lowest BCUT2D eigenvalue weighted by atomic mass is 9.94. The molecule has 0 aliphatic heterocycles. The molecule has 12 heteroatoms. The second-order valence-electron chi connectivity index (χ2n) is 13.2. The SMILES string of the molecule is CCc1nc(NC(=O)[C@@H](COCc2ccccc2)NC(=O)C(C)(C)NC(=O)OC(C)(C)C)cn1CCCCC(C(=O)O)c1ccccc1. The van der Waals surface area contributed by atoms with Gasteiger partial charge in [0.2, 0.25) is 5.91 Å². The molecule has 260 valence electrons. The van der Waals surface area contributed by atoms with Gasteiger partial charge in [-0.25, -0.2) is 9.78 Å². The number of aliphatic carboxylic acids is 1. The molecule has 1 aromatic heterocycles. The van der Waals surface area contributed by atoms with Gasteiger partial charge < -0.3 is 35.1 Å². The topological polar surface area (TPSA) is 161 Å². The van der Waals surface area contributed by atoms with E-state index in [-0.39, 0.29) is 13.2 Å². The van der Waals surface area contributed by atoms with Crippen molar-refractivity contribution in [3.8, 4) is 0 Å². The summed E-state index contributed by atoms with van der Waals surface area (Å²) in [7, 11) is 0. The minimum Gasteiger partial charge on any atom is -0.481 e. The maximum atomic E-state index is 13.5. The summed E-state index contributed by atoms with van der Waals surface area (Å²) in [6.07, 6.45) is 3.50. The number of amides is 3. The van der Waals surface area contributed by atoms with Gasteiger partial charge in [0.1, 0.15) is 23.0 Å². The summed E-state index contributed by atoms with van der Waals surface area (Å²) in [5, 5.41) is 17.8. The number of alkyl carbamates (subject to hydrolysis) is 1. The fraction of sp³-hybridized carbons (Fsp3) is 0.472. The third-order valence-electron chi connectivity index (χ3n) is 7.47. The van der Waals surface area contributed by atoms with Gasteiger partial charge in [-0.1, -0.05) is 74.0 Å². The Morgan fingerprint density at radius 3 is 2.19 bits per heavy atom. The van der Waals surface area contributed by atoms with Crippen LogP contribution < -0.4 is 16.0 Å². The number of imidazole rings is 1. The van der Waals surface area contributed by atoms with Crippen LogP contribution in [0.15, 0.2) is 66.9 Å². The number of carbonyl (C=O) groups is 4. The molecule has 0 spiro atoms. The summed E-state index contributed by atoms with van der Waals surface area (Å²) >= 11 is 0. The molecule has 3 rings (SSSR count). The molecule has 2 aromatic carbocycles. The number of hydrogen-bond donors (Lipinski definition) is 4. The van der Waals surface area contributed by atoms with E-state index in [0.717, 1.165) is 23.4 Å². The number of carboxylic acid groups (broad SMARTS) is 1. The van der Waals surface area contributed by atoms with Crippen molar-refractivity contribution < 1.29 is 33.8 Å². The first-order valence-electron chi connectivity index (χ1n) is 16.3. The highest BCUT2D eigenvalue weighted by molar-refractivity contribution is 5.98. The number of rotatable bonds is 17. The van der Waals surface area contributed by atoms with Gasteiger partial charge in [0.05, 0.1) is 19.1 Å². The van der Waals surface area contributed by atoms with Crippen molar-refractivity contribution in [1.29, 1.82) is 0 Å². The van der Waals surface area contributed by atoms with Crippen LogP contribution >= 0.6 is 0 Å². The number of carbonyl (C=O) groups excluding carboxylic acids is 3. The van der Waals surface area contributed by atoms with Crippen molar-refractivity contribution in [3.63, 3.8) is 0 Å². The molecule has 0 aliphatic carbocycles. The summed E-state index contributed by atoms with van der Waals surface area (Å²) in [6.45, 7) is 10.8. The van der Waals surface area contributed by atoms with Gasteiger partial charge >= 0.3 is 12.1 Å². The Balaban J connectivity index is 1.66. The Bertz CT molecular complexity index is 1500. The quantitative estimate of drug-likeness (QED) is 0.139. The van der Waals surface area contributed by atoms with Gasteiger partial charge in [0.25, 0.3) is 5.91 Å². The van der Waals surface area contributed by atoms with E-state index in [0.29, 0.717) is 31.6 Å². The lowest BCUT2D eigenvalue weighted by Crippen LogP contribution is -2.59. The maximum Gasteiger partial charge on any atom is 0.408 e. The molecule has 0 bridgehead atoms. The largest absolute Gasteiger partial charge is 0.481 e. The van der Waals surface area contributed by atoms with Gasteiger partial charge in [0.15, 0.2) is 5.82 Å². The number of unbranched alkanes of at least 4 members (excludes halogenated alkanes) is 1. The number of hydrogen-bond acceptors (Lipinski definition) is 7. The number of ether oxygens (including phenoxy) is 2. The van der Waals surface area contributed by atoms with E-state index in [1.807, 2.05) is 72.2 Å². The first-order chi connectivity index (χ1) is 22.7. The van der Waals surface area contributed by atoms with Crippen LogP contribution in [0.2, 0.25) is 0 Å². The molecule has 4 N–H and O–H groups in total. The fourth-order valence-corrected chi connectivity index (χ4v) is 4.96. The molecular formula is C36H49N5O7. The fourth-order valence-electron chi connectivity index (χ4n) is 4.96. The van der Waals surface area contributed by atoms with E-state index < -0.39 is 47.0 Å². The van der Waals surface area contributed by atoms with Crippen molar-refractivity contribution in [2.24, 2.45) is 0 Å². The maximum absolute atomic E-state index is 13.5. The van der Waals surface area contributed by atoms with Crippen LogP contribution in [0, 0.1) is 0 Å². The van der Waals surface area contributed by atoms with Crippen molar-refractivity contribution in [1.82, 2.24) is 20.2 Å². The zero-order valence-electron chi connectivity index (χ0n) is 28.7. The Kier molecular flexibility index (Phi) is 13.7. The molecule has 0 aliphatic rings. The second-order valence-corrected chi connectivity index (χ2v) is 13.2. The summed E-state index contributed by atoms with van der Waals surface area (Å²) in [5.41, 5.74) is -0.476. The average molecular weight is 664 g/mol. The smallest absolute Gasteiger partial charge is 0.408 e. The third kappa shape index (κ3) is 12.1. The summed E-state index contributed by atoms with van der Waals surface area (Å²) in [5.74, 6) is -1.49. The second kappa shape index (κ2) is 17.4. The zero-order valence-corrected chi connectivity index (χ0v) is 28.7. The highest BCUT2D eigenvalue weighted by atomic mass is 16.6. The Morgan fingerprint density at radius 2 is 1.58 bits per heavy atom. The molecule has 12 nitrogen and oxygen atoms in total. The Labute approximate surface area is 282 Å². The van der Waals surface area contributed by atoms with Crippen LogP contribution in [-0.4, -0.2) is 62.3 Å². The molecule has 0 radical (unpaired) electrons. The minimum absolute atomic E-state index is 0.136. The van der Waals surface area contributed by atoms with Crippen molar-refractivity contribution in [3.05, 3.63) is 83.8 Å². The van der Waals surface area contributed by atoms with Crippen LogP contribution in [0.25, 0.3) is 0 Å². The Hall–Kier alpha value is -4.71. The highest BCUT2D eigenvalue weighted by Crippen LogP contribution is 2.23. The van der Waals surface area contributed by atoms with E-state index in [4.69, 9.17) is 9.47 Å². The monoisotopic (exact) mass is 663 g/mol. The van der Waals surface area contributed by atoms with E-state index in [1.54, 1.807) is 27.0 Å². The predicted molar refractivity (Wildman–Crippen MR) is 182 cm³/mol. The minimum atomic E-state index is -1.41. The van der Waals surface area contributed by atoms with Crippen LogP contribution in [-0.2, 0) is 43.4 Å². The number of aromatic nitrogens is 2. The first kappa shape index (κ1) is 37.7. The number of aryl methyl sites for hydroxylation is 2. The summed E-state index contributed by atoms with van der Waals surface area (Å²) < 4.78 is 13.1. The molecule has 1 unspecified atom stereocenters. The van der Waals surface area contributed by atoms with E-state index in [9.17, 15) is 24.3 Å². The molecule has 3 amide bonds. The zero-order chi connectivity index (χ0) is 35.3. The summed E-state index contributed by atoms with van der Waals surface area (Å²) in [6, 6.07) is 17.5. The number of nitrogens with one attached hydrogen (secondary N) is 3. The molecule has 0 fully saturated rings. The van der Waals surface area contributed by atoms with Gasteiger partial charge in [-0.2, -0.15) is 0 Å². The molecule has 3 aromatic rings. The molecule has 0 saturated carbocycles. The van der Waals surface area contributed by atoms with Gasteiger partial charge in [0, 0.05) is 19.2 Å². The number of anilines is 1. The van der Waals surface area contributed by atoms with E-state index in [1.165, 1.54) is 13.8 Å². The van der Waals surface area contributed by atoms with E-state index >= 15 is 0 Å². The lowest BCUT2D eigenvalue weighted by molar-refractivity contribution is -0.139. The number of benzene rings is 2. The number of carboxylic acids is 1. The predicted octanol–water partition coefficient (Wildman–Crippen LogP) is 5.43. The third-order valence-corrected chi connectivity index (χ3v) is 7.47. The van der Waals surface area contributed by atoms with Crippen LogP contribution in [0.4, 0.5) is 10.6 Å². The van der Waals surface area contributed by atoms with Crippen LogP contribution in [0.1, 0.15) is 83.7 Å².